The number of ether oxygens (including phenoxy) is 9. The first-order valence-electron chi connectivity index (χ1n) is 37.5. The fraction of sp³-hybridized carbons (Fsp3) is 0.835. The number of nitrogens with one attached hydrogen (secondary N) is 4. The highest BCUT2D eigenvalue weighted by Gasteiger charge is 2.43. The number of hydrogen-bond acceptors (Lipinski definition) is 23. The van der Waals surface area contributed by atoms with E-state index in [1.807, 2.05) is 0 Å². The molecule has 0 aromatic rings. The molecular formula is C79H139N5O22. The summed E-state index contributed by atoms with van der Waals surface area (Å²) in [5, 5.41) is 12.2. The summed E-state index contributed by atoms with van der Waals surface area (Å²) in [6.07, 6.45) is -6.90. The Morgan fingerprint density at radius 1 is 0.217 bits per heavy atom. The lowest BCUT2D eigenvalue weighted by atomic mass is 9.80. The minimum absolute atomic E-state index is 0.165. The lowest BCUT2D eigenvalue weighted by Gasteiger charge is -2.39. The molecule has 106 heavy (non-hydrogen) atoms. The third-order valence-electron chi connectivity index (χ3n) is 15.6. The van der Waals surface area contributed by atoms with E-state index in [-0.39, 0.29) is 135 Å². The number of carbonyl (C=O) groups excluding carboxylic acids is 13. The van der Waals surface area contributed by atoms with E-state index in [0.717, 1.165) is 0 Å². The topological polar surface area (TPSA) is 379 Å². The van der Waals surface area contributed by atoms with Gasteiger partial charge in [-0.1, -0.05) is 0 Å². The largest absolute Gasteiger partial charge is 0.460 e. The molecule has 0 saturated carbocycles. The van der Waals surface area contributed by atoms with Gasteiger partial charge >= 0.3 is 53.7 Å². The predicted molar refractivity (Wildman–Crippen MR) is 401 cm³/mol. The van der Waals surface area contributed by atoms with Crippen molar-refractivity contribution in [2.45, 2.75) is 427 Å². The van der Waals surface area contributed by atoms with E-state index >= 15 is 14.4 Å². The van der Waals surface area contributed by atoms with Crippen molar-refractivity contribution in [1.29, 1.82) is 0 Å². The average molecular weight is 1510 g/mol. The summed E-state index contributed by atoms with van der Waals surface area (Å²) in [6, 6.07) is -1.25. The first kappa shape index (κ1) is 99.1. The zero-order chi connectivity index (χ0) is 82.7. The summed E-state index contributed by atoms with van der Waals surface area (Å²) in [4.78, 5) is 183. The molecule has 0 fully saturated rings. The second-order valence-electron chi connectivity index (χ2n) is 37.3. The second-order valence-corrected chi connectivity index (χ2v) is 37.3. The Morgan fingerprint density at radius 2 is 0.330 bits per heavy atom. The minimum Gasteiger partial charge on any atom is -0.460 e. The number of hydrogen-bond donors (Lipinski definition) is 5. The summed E-state index contributed by atoms with van der Waals surface area (Å²) in [6.45, 7) is 46.8. The molecule has 1 atom stereocenters. The standard InChI is InChI=1S/C79H139N5O22/c1-53(80)66(97)84-79(41-29-54(85)81-76(44-32-57(88)98-67(2,3)4,45-33-58(89)99-68(5,6)7)46-34-59(90)100-69(8,9)10,42-30-55(86)82-77(47-35-60(91)101-70(11,12)13,48-36-61(92)102-71(14,15)16)49-37-62(93)103-72(17,18)19)43-31-56(87)83-78(50-38-63(94)104-73(20,21)22,51-39-64(95)105-74(23,24)25)52-40-65(96)106-75(26,27)28/h53H,29-52,80H2,1-28H3,(H,81,85)(H,82,86)(H,83,87)(H,84,97)/t53-/m0/s1. The molecule has 0 unspecified atom stereocenters. The van der Waals surface area contributed by atoms with Crippen molar-refractivity contribution in [2.24, 2.45) is 5.73 Å². The van der Waals surface area contributed by atoms with E-state index in [4.69, 9.17) is 48.4 Å². The molecule has 0 aliphatic rings. The third kappa shape index (κ3) is 49.8. The quantitative estimate of drug-likeness (QED) is 0.0280. The molecule has 0 heterocycles. The van der Waals surface area contributed by atoms with Crippen LogP contribution in [0.15, 0.2) is 0 Å². The third-order valence-corrected chi connectivity index (χ3v) is 15.6. The predicted octanol–water partition coefficient (Wildman–Crippen LogP) is 12.2. The van der Waals surface area contributed by atoms with Crippen molar-refractivity contribution in [1.82, 2.24) is 21.3 Å². The Labute approximate surface area is 633 Å². The molecule has 0 aromatic carbocycles. The molecule has 0 aliphatic heterocycles. The zero-order valence-corrected chi connectivity index (χ0v) is 70.1. The Morgan fingerprint density at radius 3 is 0.443 bits per heavy atom. The van der Waals surface area contributed by atoms with Crippen LogP contribution in [0.5, 0.6) is 0 Å². The van der Waals surface area contributed by atoms with Crippen molar-refractivity contribution >= 4 is 77.4 Å². The normalized spacial score (nSPS) is 13.4. The van der Waals surface area contributed by atoms with E-state index in [0.29, 0.717) is 0 Å². The van der Waals surface area contributed by atoms with Gasteiger partial charge in [-0.2, -0.15) is 0 Å². The molecule has 0 bridgehead atoms. The molecule has 0 spiro atoms. The molecule has 0 rings (SSSR count). The van der Waals surface area contributed by atoms with Gasteiger partial charge in [-0.05, 0) is 271 Å². The van der Waals surface area contributed by atoms with Gasteiger partial charge < -0.3 is 69.6 Å². The highest BCUT2D eigenvalue weighted by atomic mass is 16.6. The molecule has 27 heteroatoms. The summed E-state index contributed by atoms with van der Waals surface area (Å²) in [5.74, 6) is -8.85. The summed E-state index contributed by atoms with van der Waals surface area (Å²) in [7, 11) is 0. The Kier molecular flexibility index (Phi) is 38.3. The Bertz CT molecular complexity index is 2410. The average Bonchev–Trinajstić information content (AvgIpc) is 0.832. The van der Waals surface area contributed by atoms with E-state index in [2.05, 4.69) is 21.3 Å². The van der Waals surface area contributed by atoms with Crippen LogP contribution in [0.25, 0.3) is 0 Å². The van der Waals surface area contributed by atoms with Crippen molar-refractivity contribution in [3.63, 3.8) is 0 Å². The van der Waals surface area contributed by atoms with Crippen molar-refractivity contribution < 1.29 is 105 Å². The maximum Gasteiger partial charge on any atom is 0.306 e. The lowest BCUT2D eigenvalue weighted by molar-refractivity contribution is -0.158. The van der Waals surface area contributed by atoms with Crippen LogP contribution in [-0.4, -0.2) is 156 Å². The van der Waals surface area contributed by atoms with Gasteiger partial charge in [0.25, 0.3) is 0 Å². The van der Waals surface area contributed by atoms with Crippen LogP contribution in [0, 0.1) is 0 Å². The zero-order valence-electron chi connectivity index (χ0n) is 70.1. The fourth-order valence-electron chi connectivity index (χ4n) is 11.4. The fourth-order valence-corrected chi connectivity index (χ4v) is 11.4. The molecular weight excluding hydrogens is 1370 g/mol. The van der Waals surface area contributed by atoms with Crippen molar-refractivity contribution in [3.05, 3.63) is 0 Å². The molecule has 4 amide bonds. The van der Waals surface area contributed by atoms with Crippen LogP contribution in [0.3, 0.4) is 0 Å². The molecule has 0 saturated heterocycles. The highest BCUT2D eigenvalue weighted by Crippen LogP contribution is 2.35. The Balaban J connectivity index is 9.04. The van der Waals surface area contributed by atoms with Crippen LogP contribution in [0.4, 0.5) is 0 Å². The molecule has 27 nitrogen and oxygen atoms in total. The molecule has 0 radical (unpaired) electrons. The van der Waals surface area contributed by atoms with Crippen LogP contribution < -0.4 is 27.0 Å². The molecule has 6 N–H and O–H groups in total. The SMILES string of the molecule is C[C@H](N)C(=O)NC(CCC(=O)NC(CCC(=O)OC(C)(C)C)(CCC(=O)OC(C)(C)C)CCC(=O)OC(C)(C)C)(CCC(=O)NC(CCC(=O)OC(C)(C)C)(CCC(=O)OC(C)(C)C)CCC(=O)OC(C)(C)C)CCC(=O)NC(CCC(=O)OC(C)(C)C)(CCC(=O)OC(C)(C)C)CCC(=O)OC(C)(C)C. The van der Waals surface area contributed by atoms with E-state index in [1.165, 1.54) is 6.92 Å². The van der Waals surface area contributed by atoms with Crippen LogP contribution in [0.2, 0.25) is 0 Å². The van der Waals surface area contributed by atoms with Gasteiger partial charge in [-0.3, -0.25) is 62.3 Å². The highest BCUT2D eigenvalue weighted by molar-refractivity contribution is 5.84. The van der Waals surface area contributed by atoms with Crippen LogP contribution in [0.1, 0.15) is 348 Å². The number of nitrogens with two attached hydrogens (primary N) is 1. The van der Waals surface area contributed by atoms with Gasteiger partial charge in [0.2, 0.25) is 23.6 Å². The minimum atomic E-state index is -1.79. The van der Waals surface area contributed by atoms with Crippen LogP contribution in [-0.2, 0) is 105 Å². The summed E-state index contributed by atoms with van der Waals surface area (Å²) in [5.41, 5.74) is -8.43. The van der Waals surface area contributed by atoms with Gasteiger partial charge in [-0.15, -0.1) is 0 Å². The van der Waals surface area contributed by atoms with Gasteiger partial charge in [0.1, 0.15) is 50.4 Å². The van der Waals surface area contributed by atoms with E-state index in [9.17, 15) is 47.9 Å². The number of esters is 9. The molecule has 612 valence electrons. The number of amides is 4. The first-order valence-corrected chi connectivity index (χ1v) is 37.5. The smallest absolute Gasteiger partial charge is 0.306 e. The maximum atomic E-state index is 15.3. The monoisotopic (exact) mass is 1510 g/mol. The number of rotatable bonds is 41. The maximum absolute atomic E-state index is 15.3. The number of carbonyl (C=O) groups is 13. The van der Waals surface area contributed by atoms with Crippen LogP contribution >= 0.6 is 0 Å². The summed E-state index contributed by atoms with van der Waals surface area (Å²) < 4.78 is 51.3. The first-order chi connectivity index (χ1) is 47.5. The van der Waals surface area contributed by atoms with Crippen molar-refractivity contribution in [3.8, 4) is 0 Å². The van der Waals surface area contributed by atoms with E-state index in [1.54, 1.807) is 187 Å². The molecule has 0 aromatic heterocycles. The van der Waals surface area contributed by atoms with Gasteiger partial charge in [-0.25, -0.2) is 0 Å². The van der Waals surface area contributed by atoms with Crippen molar-refractivity contribution in [2.75, 3.05) is 0 Å². The lowest BCUT2D eigenvalue weighted by Crippen LogP contribution is -2.56. The van der Waals surface area contributed by atoms with Gasteiger partial charge in [0, 0.05) is 99.2 Å². The van der Waals surface area contributed by atoms with E-state index < -0.39 is 175 Å². The van der Waals surface area contributed by atoms with Gasteiger partial charge in [0.15, 0.2) is 0 Å². The Hall–Kier alpha value is -6.93. The molecule has 0 aliphatic carbocycles. The summed E-state index contributed by atoms with van der Waals surface area (Å²) >= 11 is 0. The van der Waals surface area contributed by atoms with Gasteiger partial charge in [0.05, 0.1) is 6.04 Å². The second kappa shape index (κ2) is 41.0.